The van der Waals surface area contributed by atoms with Crippen LogP contribution in [0.3, 0.4) is 0 Å². The van der Waals surface area contributed by atoms with Crippen LogP contribution in [0.5, 0.6) is 5.75 Å². The molecular formula is C37H48N2O13S. The van der Waals surface area contributed by atoms with Gasteiger partial charge in [-0.2, -0.15) is 8.42 Å². The Morgan fingerprint density at radius 3 is 1.83 bits per heavy atom. The molecule has 290 valence electrons. The maximum Gasteiger partial charge on any atom is 0.317 e. The number of phenolic OH excluding ortho intramolecular Hbond substituents is 1. The van der Waals surface area contributed by atoms with Gasteiger partial charge in [-0.25, -0.2) is 0 Å². The van der Waals surface area contributed by atoms with Gasteiger partial charge in [0.2, 0.25) is 0 Å². The van der Waals surface area contributed by atoms with Crippen LogP contribution in [-0.2, 0) is 40.6 Å². The summed E-state index contributed by atoms with van der Waals surface area (Å²) in [5.74, 6) is -8.60. The van der Waals surface area contributed by atoms with E-state index in [0.717, 1.165) is 9.80 Å². The van der Waals surface area contributed by atoms with Crippen molar-refractivity contribution in [3.63, 3.8) is 0 Å². The molecule has 3 atom stereocenters. The predicted molar refractivity (Wildman–Crippen MR) is 192 cm³/mol. The number of benzene rings is 2. The number of ketones is 1. The molecule has 0 heterocycles. The Balaban J connectivity index is 2.54. The van der Waals surface area contributed by atoms with Crippen LogP contribution in [0.4, 0.5) is 0 Å². The Morgan fingerprint density at radius 2 is 1.36 bits per heavy atom. The number of rotatable bonds is 17. The fourth-order valence-electron chi connectivity index (χ4n) is 7.18. The Morgan fingerprint density at radius 1 is 0.849 bits per heavy atom. The van der Waals surface area contributed by atoms with Gasteiger partial charge in [0, 0.05) is 36.1 Å². The van der Waals surface area contributed by atoms with Gasteiger partial charge in [-0.05, 0) is 65.5 Å². The second-order valence-electron chi connectivity index (χ2n) is 14.2. The van der Waals surface area contributed by atoms with Crippen molar-refractivity contribution < 1.29 is 62.5 Å². The van der Waals surface area contributed by atoms with Gasteiger partial charge in [-0.3, -0.25) is 38.3 Å². The van der Waals surface area contributed by atoms with Crippen molar-refractivity contribution >= 4 is 45.4 Å². The van der Waals surface area contributed by atoms with E-state index in [1.165, 1.54) is 18.2 Å². The number of hydrogen-bond donors (Lipinski definition) is 6. The van der Waals surface area contributed by atoms with Crippen molar-refractivity contribution in [2.24, 2.45) is 23.7 Å². The van der Waals surface area contributed by atoms with E-state index in [9.17, 15) is 62.5 Å². The molecule has 0 saturated heterocycles. The summed E-state index contributed by atoms with van der Waals surface area (Å²) in [6.07, 6.45) is 0.109. The molecule has 1 fully saturated rings. The summed E-state index contributed by atoms with van der Waals surface area (Å²) in [5.41, 5.74) is 2.18. The number of phenols is 1. The van der Waals surface area contributed by atoms with Crippen LogP contribution in [0.1, 0.15) is 74.8 Å². The fraction of sp³-hybridized carbons (Fsp3) is 0.486. The van der Waals surface area contributed by atoms with Gasteiger partial charge >= 0.3 is 23.9 Å². The monoisotopic (exact) mass is 760 g/mol. The van der Waals surface area contributed by atoms with E-state index >= 15 is 0 Å². The number of Topliss-reactive ketones (excluding diaryl/α,β-unsaturated/α-hetero) is 1. The summed E-state index contributed by atoms with van der Waals surface area (Å²) in [6, 6.07) is 7.33. The molecule has 1 aliphatic rings. The molecule has 0 radical (unpaired) electrons. The van der Waals surface area contributed by atoms with Gasteiger partial charge in [0.1, 0.15) is 16.4 Å². The Bertz CT molecular complexity index is 1870. The van der Waals surface area contributed by atoms with Gasteiger partial charge < -0.3 is 25.5 Å². The lowest BCUT2D eigenvalue weighted by atomic mass is 9.65. The molecule has 0 amide bonds. The van der Waals surface area contributed by atoms with Crippen LogP contribution >= 0.6 is 0 Å². The molecule has 2 aromatic carbocycles. The highest BCUT2D eigenvalue weighted by Crippen LogP contribution is 2.47. The molecule has 53 heavy (non-hydrogen) atoms. The van der Waals surface area contributed by atoms with Crippen molar-refractivity contribution in [1.82, 2.24) is 9.80 Å². The number of carboxylic acids is 4. The summed E-state index contributed by atoms with van der Waals surface area (Å²) >= 11 is 0. The van der Waals surface area contributed by atoms with Gasteiger partial charge in [0.25, 0.3) is 10.1 Å². The summed E-state index contributed by atoms with van der Waals surface area (Å²) in [6.45, 7) is 7.32. The highest BCUT2D eigenvalue weighted by Gasteiger charge is 2.43. The number of allylic oxidation sites excluding steroid dienone is 1. The van der Waals surface area contributed by atoms with Crippen LogP contribution in [0.2, 0.25) is 0 Å². The largest absolute Gasteiger partial charge is 0.507 e. The minimum atomic E-state index is -4.87. The number of nitrogens with zero attached hydrogens (tertiary/aromatic N) is 2. The molecule has 3 rings (SSSR count). The summed E-state index contributed by atoms with van der Waals surface area (Å²) in [7, 11) is -4.87. The average molecular weight is 761 g/mol. The number of hydrogen-bond acceptors (Lipinski definition) is 10. The minimum Gasteiger partial charge on any atom is -0.507 e. The smallest absolute Gasteiger partial charge is 0.317 e. The maximum atomic E-state index is 14.1. The Kier molecular flexibility index (Phi) is 14.1. The third kappa shape index (κ3) is 10.5. The van der Waals surface area contributed by atoms with E-state index in [0.29, 0.717) is 27.8 Å². The first kappa shape index (κ1) is 42.8. The number of aromatic hydroxyl groups is 1. The van der Waals surface area contributed by atoms with E-state index in [1.54, 1.807) is 39.8 Å². The van der Waals surface area contributed by atoms with Gasteiger partial charge in [-0.1, -0.05) is 58.4 Å². The first-order valence-electron chi connectivity index (χ1n) is 17.1. The van der Waals surface area contributed by atoms with Crippen molar-refractivity contribution in [3.05, 3.63) is 63.7 Å². The Labute approximate surface area is 308 Å². The van der Waals surface area contributed by atoms with E-state index in [4.69, 9.17) is 0 Å². The molecule has 0 spiro atoms. The molecule has 15 nitrogen and oxygen atoms in total. The SMILES string of the molecule is Cc1c(/C(=C2\CC(C(C)C)C(=O)C(CN(CC(=O)O)CC(=O)O)C2C)c2ccccc2S(=O)(=O)O)cc(C(C)C)c(O)c1CN(CC(=O)O)CC(=O)O. The van der Waals surface area contributed by atoms with Crippen molar-refractivity contribution in [1.29, 1.82) is 0 Å². The number of carboxylic acid groups (broad SMARTS) is 4. The Hall–Kier alpha value is -4.64. The highest BCUT2D eigenvalue weighted by molar-refractivity contribution is 7.86. The molecule has 16 heteroatoms. The van der Waals surface area contributed by atoms with Crippen LogP contribution in [0, 0.1) is 30.6 Å². The third-order valence-corrected chi connectivity index (χ3v) is 10.7. The molecule has 0 aliphatic heterocycles. The van der Waals surface area contributed by atoms with E-state index < -0.39 is 82.8 Å². The van der Waals surface area contributed by atoms with Crippen molar-refractivity contribution in [3.8, 4) is 5.75 Å². The zero-order chi connectivity index (χ0) is 40.1. The van der Waals surface area contributed by atoms with E-state index in [2.05, 4.69) is 0 Å². The maximum absolute atomic E-state index is 14.1. The number of carbonyl (C=O) groups excluding carboxylic acids is 1. The van der Waals surface area contributed by atoms with Crippen LogP contribution in [-0.4, -0.2) is 111 Å². The van der Waals surface area contributed by atoms with E-state index in [1.807, 2.05) is 13.8 Å². The fourth-order valence-corrected chi connectivity index (χ4v) is 7.88. The summed E-state index contributed by atoms with van der Waals surface area (Å²) in [4.78, 5) is 62.8. The standard InChI is InChI=1S/C37H48N2O13S/c1-19(2)24-11-26(21(5)28(36(24)48)13-38(15-31(40)41)16-32(42)43)35(23-9-7-8-10-30(23)53(50,51)52)27-12-25(20(3)4)37(49)29(22(27)6)14-39(17-33(44)45)18-34(46)47/h7-11,19-20,22,25,29,48H,12-18H2,1-6H3,(H,40,41)(H,42,43)(H,44,45)(H,46,47)(H,50,51,52)/b35-27+. The summed E-state index contributed by atoms with van der Waals surface area (Å²) in [5, 5.41) is 49.8. The molecule has 1 saturated carbocycles. The zero-order valence-corrected chi connectivity index (χ0v) is 31.4. The first-order valence-corrected chi connectivity index (χ1v) is 18.5. The number of carbonyl (C=O) groups is 5. The minimum absolute atomic E-state index is 0.0581. The van der Waals surface area contributed by atoms with Crippen molar-refractivity contribution in [2.75, 3.05) is 32.7 Å². The molecule has 2 aromatic rings. The lowest BCUT2D eigenvalue weighted by Gasteiger charge is -2.40. The first-order chi connectivity index (χ1) is 24.5. The second kappa shape index (κ2) is 17.5. The lowest BCUT2D eigenvalue weighted by molar-refractivity contribution is -0.144. The average Bonchev–Trinajstić information content (AvgIpc) is 3.01. The highest BCUT2D eigenvalue weighted by atomic mass is 32.2. The van der Waals surface area contributed by atoms with Crippen molar-refractivity contribution in [2.45, 2.75) is 65.3 Å². The molecule has 3 unspecified atom stereocenters. The van der Waals surface area contributed by atoms with Crippen LogP contribution in [0.25, 0.3) is 5.57 Å². The molecule has 0 bridgehead atoms. The third-order valence-electron chi connectivity index (χ3n) is 9.76. The molecule has 0 aromatic heterocycles. The lowest BCUT2D eigenvalue weighted by Crippen LogP contribution is -2.46. The quantitative estimate of drug-likeness (QED) is 0.126. The predicted octanol–water partition coefficient (Wildman–Crippen LogP) is 3.81. The summed E-state index contributed by atoms with van der Waals surface area (Å²) < 4.78 is 36.3. The second-order valence-corrected chi connectivity index (χ2v) is 15.6. The van der Waals surface area contributed by atoms with Gasteiger partial charge in [0.15, 0.2) is 0 Å². The number of aliphatic carboxylic acids is 4. The normalized spacial score (nSPS) is 18.9. The van der Waals surface area contributed by atoms with Crippen LogP contribution < -0.4 is 0 Å². The van der Waals surface area contributed by atoms with Gasteiger partial charge in [-0.15, -0.1) is 0 Å². The zero-order valence-electron chi connectivity index (χ0n) is 30.6. The molecular weight excluding hydrogens is 712 g/mol. The topological polar surface area (TPSA) is 247 Å². The van der Waals surface area contributed by atoms with Gasteiger partial charge in [0.05, 0.1) is 26.2 Å². The van der Waals surface area contributed by atoms with Crippen LogP contribution in [0.15, 0.2) is 40.8 Å². The molecule has 1 aliphatic carbocycles. The van der Waals surface area contributed by atoms with E-state index in [-0.39, 0.29) is 54.0 Å². The molecule has 6 N–H and O–H groups in total.